The van der Waals surface area contributed by atoms with Crippen molar-refractivity contribution in [3.63, 3.8) is 0 Å². The SMILES string of the molecule is CN(C)CCCNc1ccc2c(c1)sc1cc(C#N)c3nc4ccccc4n3c12. The highest BCUT2D eigenvalue weighted by atomic mass is 32.1. The number of aromatic nitrogens is 2. The van der Waals surface area contributed by atoms with E-state index in [1.807, 2.05) is 24.3 Å². The van der Waals surface area contributed by atoms with Crippen LogP contribution in [0.5, 0.6) is 0 Å². The first-order valence-electron chi connectivity index (χ1n) is 9.71. The highest BCUT2D eigenvalue weighted by molar-refractivity contribution is 7.25. The van der Waals surface area contributed by atoms with Crippen LogP contribution in [0, 0.1) is 11.3 Å². The molecule has 0 aliphatic carbocycles. The summed E-state index contributed by atoms with van der Waals surface area (Å²) >= 11 is 1.73. The van der Waals surface area contributed by atoms with E-state index < -0.39 is 0 Å². The van der Waals surface area contributed by atoms with Crippen LogP contribution >= 0.6 is 11.3 Å². The van der Waals surface area contributed by atoms with E-state index in [1.165, 1.54) is 10.1 Å². The van der Waals surface area contributed by atoms with E-state index in [-0.39, 0.29) is 0 Å². The first-order chi connectivity index (χ1) is 14.2. The van der Waals surface area contributed by atoms with Crippen LogP contribution in [-0.4, -0.2) is 41.5 Å². The third-order valence-electron chi connectivity index (χ3n) is 5.22. The maximum Gasteiger partial charge on any atom is 0.156 e. The molecule has 5 rings (SSSR count). The van der Waals surface area contributed by atoms with Crippen LogP contribution in [0.1, 0.15) is 12.0 Å². The third kappa shape index (κ3) is 3.00. The van der Waals surface area contributed by atoms with Gasteiger partial charge in [0.15, 0.2) is 5.65 Å². The Morgan fingerprint density at radius 2 is 2.00 bits per heavy atom. The van der Waals surface area contributed by atoms with Gasteiger partial charge in [-0.25, -0.2) is 4.98 Å². The molecule has 0 unspecified atom stereocenters. The molecule has 6 heteroatoms. The molecule has 2 aromatic carbocycles. The summed E-state index contributed by atoms with van der Waals surface area (Å²) in [6.07, 6.45) is 1.10. The minimum atomic E-state index is 0.613. The molecule has 0 saturated carbocycles. The number of hydrogen-bond acceptors (Lipinski definition) is 5. The molecule has 0 bridgehead atoms. The highest BCUT2D eigenvalue weighted by Crippen LogP contribution is 2.38. The third-order valence-corrected chi connectivity index (χ3v) is 6.31. The zero-order chi connectivity index (χ0) is 20.0. The molecular formula is C23H21N5S. The van der Waals surface area contributed by atoms with Crippen LogP contribution in [0.3, 0.4) is 0 Å². The Hall–Kier alpha value is -3.14. The lowest BCUT2D eigenvalue weighted by Gasteiger charge is -2.10. The van der Waals surface area contributed by atoms with Crippen molar-refractivity contribution >= 4 is 54.0 Å². The van der Waals surface area contributed by atoms with Gasteiger partial charge in [-0.2, -0.15) is 5.26 Å². The van der Waals surface area contributed by atoms with Crippen molar-refractivity contribution in [1.82, 2.24) is 14.3 Å². The molecule has 0 fully saturated rings. The number of benzene rings is 2. The first kappa shape index (κ1) is 17.9. The summed E-state index contributed by atoms with van der Waals surface area (Å²) in [5.74, 6) is 0. The normalized spacial score (nSPS) is 11.8. The van der Waals surface area contributed by atoms with Gasteiger partial charge in [-0.15, -0.1) is 11.3 Å². The molecule has 0 saturated heterocycles. The molecule has 0 spiro atoms. The maximum absolute atomic E-state index is 9.69. The highest BCUT2D eigenvalue weighted by Gasteiger charge is 2.16. The van der Waals surface area contributed by atoms with Gasteiger partial charge in [-0.1, -0.05) is 12.1 Å². The van der Waals surface area contributed by atoms with Gasteiger partial charge in [-0.3, -0.25) is 4.40 Å². The molecule has 0 amide bonds. The fourth-order valence-electron chi connectivity index (χ4n) is 3.88. The first-order valence-corrected chi connectivity index (χ1v) is 10.5. The topological polar surface area (TPSA) is 56.4 Å². The zero-order valence-corrected chi connectivity index (χ0v) is 17.3. The molecular weight excluding hydrogens is 378 g/mol. The number of pyridine rings is 1. The molecule has 5 nitrogen and oxygen atoms in total. The smallest absolute Gasteiger partial charge is 0.156 e. The van der Waals surface area contributed by atoms with Crippen molar-refractivity contribution in [2.75, 3.05) is 32.5 Å². The lowest BCUT2D eigenvalue weighted by atomic mass is 10.2. The second-order valence-corrected chi connectivity index (χ2v) is 8.62. The second kappa shape index (κ2) is 7.03. The quantitative estimate of drug-likeness (QED) is 0.418. The van der Waals surface area contributed by atoms with E-state index in [4.69, 9.17) is 4.98 Å². The molecule has 29 heavy (non-hydrogen) atoms. The number of para-hydroxylation sites is 2. The van der Waals surface area contributed by atoms with Crippen molar-refractivity contribution in [2.24, 2.45) is 0 Å². The number of anilines is 1. The average Bonchev–Trinajstić information content (AvgIpc) is 3.27. The summed E-state index contributed by atoms with van der Waals surface area (Å²) in [7, 11) is 4.19. The number of rotatable bonds is 5. The van der Waals surface area contributed by atoms with Gasteiger partial charge in [0.05, 0.1) is 26.8 Å². The molecule has 1 N–H and O–H groups in total. The average molecular weight is 400 g/mol. The lowest BCUT2D eigenvalue weighted by molar-refractivity contribution is 0.405. The van der Waals surface area contributed by atoms with Crippen molar-refractivity contribution < 1.29 is 0 Å². The number of imidazole rings is 1. The van der Waals surface area contributed by atoms with Crippen LogP contribution in [0.15, 0.2) is 48.5 Å². The molecule has 0 aliphatic heterocycles. The van der Waals surface area contributed by atoms with Crippen molar-refractivity contribution in [2.45, 2.75) is 6.42 Å². The predicted octanol–water partition coefficient (Wildman–Crippen LogP) is 5.09. The van der Waals surface area contributed by atoms with Crippen LogP contribution in [0.2, 0.25) is 0 Å². The van der Waals surface area contributed by atoms with E-state index in [1.54, 1.807) is 11.3 Å². The maximum atomic E-state index is 9.69. The Morgan fingerprint density at radius 3 is 2.83 bits per heavy atom. The Morgan fingerprint density at radius 1 is 1.14 bits per heavy atom. The van der Waals surface area contributed by atoms with Crippen molar-refractivity contribution in [3.8, 4) is 6.07 Å². The van der Waals surface area contributed by atoms with Gasteiger partial charge in [0.25, 0.3) is 0 Å². The molecule has 3 aromatic heterocycles. The number of nitrogens with zero attached hydrogens (tertiary/aromatic N) is 4. The van der Waals surface area contributed by atoms with Crippen LogP contribution in [0.25, 0.3) is 37.0 Å². The number of hydrogen-bond donors (Lipinski definition) is 1. The van der Waals surface area contributed by atoms with Crippen molar-refractivity contribution in [1.29, 1.82) is 5.26 Å². The molecule has 5 aromatic rings. The van der Waals surface area contributed by atoms with Gasteiger partial charge in [-0.05, 0) is 63.5 Å². The fraction of sp³-hybridized carbons (Fsp3) is 0.217. The Balaban J connectivity index is 1.67. The molecule has 0 aliphatic rings. The van der Waals surface area contributed by atoms with E-state index in [0.717, 1.165) is 52.1 Å². The van der Waals surface area contributed by atoms with E-state index in [0.29, 0.717) is 5.56 Å². The Bertz CT molecular complexity index is 1400. The number of nitriles is 1. The molecule has 144 valence electrons. The monoisotopic (exact) mass is 399 g/mol. The second-order valence-electron chi connectivity index (χ2n) is 7.54. The standard InChI is InChI=1S/C23H21N5S/c1-27(2)11-5-10-25-16-8-9-17-20(13-16)29-21-12-15(14-24)23-26-18-6-3-4-7-19(18)28(23)22(17)21/h3-4,6-9,12-13,25H,5,10-11H2,1-2H3. The van der Waals surface area contributed by atoms with Gasteiger partial charge in [0.2, 0.25) is 0 Å². The number of thiophene rings is 1. The Labute approximate surface area is 172 Å². The zero-order valence-electron chi connectivity index (χ0n) is 16.4. The molecule has 0 atom stereocenters. The van der Waals surface area contributed by atoms with E-state index in [9.17, 15) is 5.26 Å². The summed E-state index contributed by atoms with van der Waals surface area (Å²) in [5.41, 5.74) is 5.56. The lowest BCUT2D eigenvalue weighted by Crippen LogP contribution is -2.16. The van der Waals surface area contributed by atoms with Crippen molar-refractivity contribution in [3.05, 3.63) is 54.1 Å². The van der Waals surface area contributed by atoms with Gasteiger partial charge < -0.3 is 10.2 Å². The summed E-state index contributed by atoms with van der Waals surface area (Å²) in [6, 6.07) is 18.9. The minimum absolute atomic E-state index is 0.613. The van der Waals surface area contributed by atoms with Crippen LogP contribution < -0.4 is 5.32 Å². The molecule has 0 radical (unpaired) electrons. The van der Waals surface area contributed by atoms with E-state index in [2.05, 4.69) is 59.0 Å². The Kier molecular flexibility index (Phi) is 4.35. The van der Waals surface area contributed by atoms with Crippen LogP contribution in [0.4, 0.5) is 5.69 Å². The largest absolute Gasteiger partial charge is 0.385 e. The summed E-state index contributed by atoms with van der Waals surface area (Å²) < 4.78 is 4.47. The summed E-state index contributed by atoms with van der Waals surface area (Å²) in [4.78, 5) is 6.93. The summed E-state index contributed by atoms with van der Waals surface area (Å²) in [6.45, 7) is 2.02. The molecule has 3 heterocycles. The fourth-order valence-corrected chi connectivity index (χ4v) is 5.05. The van der Waals surface area contributed by atoms with Gasteiger partial charge >= 0.3 is 0 Å². The number of nitrogens with one attached hydrogen (secondary N) is 1. The minimum Gasteiger partial charge on any atom is -0.385 e. The van der Waals surface area contributed by atoms with E-state index >= 15 is 0 Å². The van der Waals surface area contributed by atoms with Crippen LogP contribution in [-0.2, 0) is 0 Å². The number of fused-ring (bicyclic) bond motifs is 7. The van der Waals surface area contributed by atoms with Gasteiger partial charge in [0, 0.05) is 22.3 Å². The van der Waals surface area contributed by atoms with Gasteiger partial charge in [0.1, 0.15) is 6.07 Å². The summed E-state index contributed by atoms with van der Waals surface area (Å²) in [5, 5.41) is 14.4. The predicted molar refractivity (Wildman–Crippen MR) is 122 cm³/mol.